The van der Waals surface area contributed by atoms with Gasteiger partial charge < -0.3 is 4.74 Å². The van der Waals surface area contributed by atoms with Crippen LogP contribution in [-0.2, 0) is 0 Å². The Morgan fingerprint density at radius 1 is 1.22 bits per heavy atom. The van der Waals surface area contributed by atoms with Crippen LogP contribution in [0.25, 0.3) is 11.1 Å². The highest BCUT2D eigenvalue weighted by Gasteiger charge is 2.11. The fraction of sp³-hybridized carbons (Fsp3) is 0.133. The lowest BCUT2D eigenvalue weighted by Crippen LogP contribution is -1.94. The monoisotopic (exact) mass is 241 g/mol. The molecule has 0 saturated carbocycles. The molecule has 2 rings (SSSR count). The van der Waals surface area contributed by atoms with Crippen LogP contribution in [0.15, 0.2) is 36.4 Å². The van der Waals surface area contributed by atoms with Crippen LogP contribution in [0.4, 0.5) is 4.39 Å². The molecule has 0 N–H and O–H groups in total. The van der Waals surface area contributed by atoms with Gasteiger partial charge in [-0.2, -0.15) is 5.26 Å². The Bertz CT molecular complexity index is 629. The Kier molecular flexibility index (Phi) is 3.29. The van der Waals surface area contributed by atoms with Gasteiger partial charge in [0.15, 0.2) is 0 Å². The summed E-state index contributed by atoms with van der Waals surface area (Å²) < 4.78 is 18.9. The Morgan fingerprint density at radius 2 is 1.94 bits per heavy atom. The molecule has 2 aromatic rings. The highest BCUT2D eigenvalue weighted by molar-refractivity contribution is 5.69. The molecule has 0 aliphatic heterocycles. The lowest BCUT2D eigenvalue weighted by atomic mass is 9.99. The smallest absolute Gasteiger partial charge is 0.139 e. The summed E-state index contributed by atoms with van der Waals surface area (Å²) in [5.41, 5.74) is 2.40. The van der Waals surface area contributed by atoms with Crippen LogP contribution in [0.5, 0.6) is 5.75 Å². The van der Waals surface area contributed by atoms with Crippen molar-refractivity contribution < 1.29 is 9.13 Å². The molecular formula is C15H12FNO. The lowest BCUT2D eigenvalue weighted by molar-refractivity contribution is 0.410. The van der Waals surface area contributed by atoms with E-state index in [0.29, 0.717) is 22.4 Å². The number of methoxy groups -OCH3 is 1. The first-order valence-electron chi connectivity index (χ1n) is 5.51. The van der Waals surface area contributed by atoms with Crippen LogP contribution in [0.2, 0.25) is 0 Å². The molecule has 0 amide bonds. The van der Waals surface area contributed by atoms with Crippen molar-refractivity contribution in [3.63, 3.8) is 0 Å². The predicted molar refractivity (Wildman–Crippen MR) is 67.8 cm³/mol. The van der Waals surface area contributed by atoms with Crippen LogP contribution >= 0.6 is 0 Å². The summed E-state index contributed by atoms with van der Waals surface area (Å²) in [5.74, 6) is 0.239. The third-order valence-electron chi connectivity index (χ3n) is 2.78. The molecule has 3 heteroatoms. The Morgan fingerprint density at radius 3 is 2.56 bits per heavy atom. The standard InChI is InChI=1S/C15H12FNO/c1-10-7-11(8-12(9-17)15(10)18-2)13-5-3-4-6-14(13)16/h3-8H,1-2H3. The molecule has 18 heavy (non-hydrogen) atoms. The molecule has 0 radical (unpaired) electrons. The van der Waals surface area contributed by atoms with E-state index in [1.54, 1.807) is 24.3 Å². The van der Waals surface area contributed by atoms with Crippen molar-refractivity contribution in [1.82, 2.24) is 0 Å². The van der Waals surface area contributed by atoms with Crippen molar-refractivity contribution in [2.24, 2.45) is 0 Å². The maximum absolute atomic E-state index is 13.7. The summed E-state index contributed by atoms with van der Waals surface area (Å²) in [4.78, 5) is 0. The number of aryl methyl sites for hydroxylation is 1. The maximum atomic E-state index is 13.7. The highest BCUT2D eigenvalue weighted by Crippen LogP contribution is 2.31. The van der Waals surface area contributed by atoms with Gasteiger partial charge in [0.25, 0.3) is 0 Å². The Balaban J connectivity index is 2.65. The van der Waals surface area contributed by atoms with Crippen LogP contribution in [0.3, 0.4) is 0 Å². The molecule has 0 aliphatic rings. The first-order chi connectivity index (χ1) is 8.67. The molecule has 0 unspecified atom stereocenters. The van der Waals surface area contributed by atoms with Crippen molar-refractivity contribution >= 4 is 0 Å². The molecule has 0 aromatic heterocycles. The zero-order valence-corrected chi connectivity index (χ0v) is 10.2. The van der Waals surface area contributed by atoms with Gasteiger partial charge in [-0.3, -0.25) is 0 Å². The summed E-state index contributed by atoms with van der Waals surface area (Å²) in [7, 11) is 1.52. The summed E-state index contributed by atoms with van der Waals surface area (Å²) in [6.45, 7) is 1.84. The number of hydrogen-bond acceptors (Lipinski definition) is 2. The second kappa shape index (κ2) is 4.89. The van der Waals surface area contributed by atoms with Gasteiger partial charge in [-0.1, -0.05) is 18.2 Å². The summed E-state index contributed by atoms with van der Waals surface area (Å²) in [6.07, 6.45) is 0. The van der Waals surface area contributed by atoms with Crippen molar-refractivity contribution in [1.29, 1.82) is 5.26 Å². The van der Waals surface area contributed by atoms with E-state index in [1.165, 1.54) is 13.2 Å². The number of nitrogens with zero attached hydrogens (tertiary/aromatic N) is 1. The van der Waals surface area contributed by atoms with E-state index in [9.17, 15) is 4.39 Å². The molecule has 0 aliphatic carbocycles. The minimum atomic E-state index is -0.300. The quantitative estimate of drug-likeness (QED) is 0.803. The number of nitriles is 1. The average Bonchev–Trinajstić information content (AvgIpc) is 2.38. The van der Waals surface area contributed by atoms with Crippen molar-refractivity contribution in [2.75, 3.05) is 7.11 Å². The Hall–Kier alpha value is -2.34. The number of halogens is 1. The predicted octanol–water partition coefficient (Wildman–Crippen LogP) is 3.68. The van der Waals surface area contributed by atoms with E-state index in [2.05, 4.69) is 6.07 Å². The molecule has 2 aromatic carbocycles. The third-order valence-corrected chi connectivity index (χ3v) is 2.78. The Labute approximate surface area is 105 Å². The summed E-state index contributed by atoms with van der Waals surface area (Å²) in [5, 5.41) is 9.09. The van der Waals surface area contributed by atoms with E-state index in [4.69, 9.17) is 10.00 Å². The van der Waals surface area contributed by atoms with Gasteiger partial charge in [0.05, 0.1) is 12.7 Å². The van der Waals surface area contributed by atoms with E-state index >= 15 is 0 Å². The first-order valence-corrected chi connectivity index (χ1v) is 5.51. The number of hydrogen-bond donors (Lipinski definition) is 0. The first kappa shape index (κ1) is 12.1. The van der Waals surface area contributed by atoms with Crippen molar-refractivity contribution in [2.45, 2.75) is 6.92 Å². The molecule has 0 saturated heterocycles. The van der Waals surface area contributed by atoms with Crippen LogP contribution in [0, 0.1) is 24.1 Å². The normalized spacial score (nSPS) is 9.89. The van der Waals surface area contributed by atoms with Gasteiger partial charge in [-0.15, -0.1) is 0 Å². The van der Waals surface area contributed by atoms with Gasteiger partial charge >= 0.3 is 0 Å². The molecule has 0 fully saturated rings. The molecule has 0 atom stereocenters. The van der Waals surface area contributed by atoms with Crippen molar-refractivity contribution in [3.05, 3.63) is 53.3 Å². The molecule has 90 valence electrons. The SMILES string of the molecule is COc1c(C)cc(-c2ccccc2F)cc1C#N. The fourth-order valence-corrected chi connectivity index (χ4v) is 1.98. The topological polar surface area (TPSA) is 33.0 Å². The van der Waals surface area contributed by atoms with Gasteiger partial charge in [0, 0.05) is 5.56 Å². The molecule has 0 bridgehead atoms. The second-order valence-electron chi connectivity index (χ2n) is 3.97. The van der Waals surface area contributed by atoms with E-state index in [1.807, 2.05) is 13.0 Å². The molecular weight excluding hydrogens is 229 g/mol. The summed E-state index contributed by atoms with van der Waals surface area (Å²) in [6, 6.07) is 12.0. The number of ether oxygens (including phenoxy) is 1. The summed E-state index contributed by atoms with van der Waals surface area (Å²) >= 11 is 0. The zero-order valence-electron chi connectivity index (χ0n) is 10.2. The average molecular weight is 241 g/mol. The molecule has 0 heterocycles. The largest absolute Gasteiger partial charge is 0.495 e. The molecule has 0 spiro atoms. The van der Waals surface area contributed by atoms with E-state index in [0.717, 1.165) is 5.56 Å². The van der Waals surface area contributed by atoms with Gasteiger partial charge in [0.2, 0.25) is 0 Å². The van der Waals surface area contributed by atoms with Crippen LogP contribution in [0.1, 0.15) is 11.1 Å². The zero-order chi connectivity index (χ0) is 13.1. The highest BCUT2D eigenvalue weighted by atomic mass is 19.1. The number of benzene rings is 2. The van der Waals surface area contributed by atoms with E-state index < -0.39 is 0 Å². The lowest BCUT2D eigenvalue weighted by Gasteiger charge is -2.10. The fourth-order valence-electron chi connectivity index (χ4n) is 1.98. The number of rotatable bonds is 2. The third kappa shape index (κ3) is 2.05. The van der Waals surface area contributed by atoms with Gasteiger partial charge in [-0.25, -0.2) is 4.39 Å². The van der Waals surface area contributed by atoms with Gasteiger partial charge in [0.1, 0.15) is 17.6 Å². The minimum Gasteiger partial charge on any atom is -0.495 e. The van der Waals surface area contributed by atoms with Crippen LogP contribution in [-0.4, -0.2) is 7.11 Å². The minimum absolute atomic E-state index is 0.300. The van der Waals surface area contributed by atoms with Crippen LogP contribution < -0.4 is 4.74 Å². The van der Waals surface area contributed by atoms with Crippen molar-refractivity contribution in [3.8, 4) is 22.9 Å². The second-order valence-corrected chi connectivity index (χ2v) is 3.97. The maximum Gasteiger partial charge on any atom is 0.139 e. The van der Waals surface area contributed by atoms with Gasteiger partial charge in [-0.05, 0) is 36.2 Å². The molecule has 2 nitrogen and oxygen atoms in total. The van der Waals surface area contributed by atoms with E-state index in [-0.39, 0.29) is 5.82 Å².